The molecule has 104 valence electrons. The molecule has 2 N–H and O–H groups in total. The lowest BCUT2D eigenvalue weighted by atomic mass is 10.1. The number of aromatic hydroxyl groups is 1. The van der Waals surface area contributed by atoms with E-state index in [0.29, 0.717) is 5.69 Å². The standard InChI is InChI=1S/C17H14N2O2/c1-11-7-8-16(20)13(10-11)17(21)19-15-6-2-5-14-12(15)4-3-9-18-14/h2-10,20H,1H3,(H,19,21). The molecule has 3 aromatic rings. The molecule has 0 aliphatic rings. The Bertz CT molecular complexity index is 823. The van der Waals surface area contributed by atoms with Crippen molar-refractivity contribution in [3.05, 3.63) is 65.9 Å². The zero-order chi connectivity index (χ0) is 14.8. The van der Waals surface area contributed by atoms with Gasteiger partial charge in [-0.1, -0.05) is 17.7 Å². The maximum atomic E-state index is 12.3. The molecule has 0 radical (unpaired) electrons. The van der Waals surface area contributed by atoms with Crippen LogP contribution in [0.1, 0.15) is 15.9 Å². The van der Waals surface area contributed by atoms with Crippen molar-refractivity contribution < 1.29 is 9.90 Å². The Morgan fingerprint density at radius 1 is 1.14 bits per heavy atom. The Balaban J connectivity index is 1.99. The fourth-order valence-corrected chi connectivity index (χ4v) is 2.23. The van der Waals surface area contributed by atoms with E-state index in [1.807, 2.05) is 37.3 Å². The van der Waals surface area contributed by atoms with Crippen LogP contribution in [0.4, 0.5) is 5.69 Å². The molecule has 1 amide bonds. The molecule has 0 aliphatic carbocycles. The zero-order valence-electron chi connectivity index (χ0n) is 11.5. The van der Waals surface area contributed by atoms with E-state index in [9.17, 15) is 9.90 Å². The molecular formula is C17H14N2O2. The molecule has 4 heteroatoms. The zero-order valence-corrected chi connectivity index (χ0v) is 11.5. The quantitative estimate of drug-likeness (QED) is 0.754. The number of anilines is 1. The number of aromatic nitrogens is 1. The molecule has 4 nitrogen and oxygen atoms in total. The summed E-state index contributed by atoms with van der Waals surface area (Å²) in [5.74, 6) is -0.371. The van der Waals surface area contributed by atoms with Crippen molar-refractivity contribution in [2.24, 2.45) is 0 Å². The van der Waals surface area contributed by atoms with E-state index in [1.54, 1.807) is 18.3 Å². The number of hydrogen-bond acceptors (Lipinski definition) is 3. The van der Waals surface area contributed by atoms with Crippen molar-refractivity contribution in [3.8, 4) is 5.75 Å². The highest BCUT2D eigenvalue weighted by Gasteiger charge is 2.12. The van der Waals surface area contributed by atoms with Crippen LogP contribution in [0.3, 0.4) is 0 Å². The van der Waals surface area contributed by atoms with Crippen LogP contribution in [0.5, 0.6) is 5.75 Å². The molecule has 2 aromatic carbocycles. The number of rotatable bonds is 2. The Hall–Kier alpha value is -2.88. The number of carbonyl (C=O) groups excluding carboxylic acids is 1. The first-order chi connectivity index (χ1) is 10.1. The fourth-order valence-electron chi connectivity index (χ4n) is 2.23. The maximum Gasteiger partial charge on any atom is 0.259 e. The average molecular weight is 278 g/mol. The van der Waals surface area contributed by atoms with E-state index in [2.05, 4.69) is 10.3 Å². The summed E-state index contributed by atoms with van der Waals surface area (Å²) in [7, 11) is 0. The van der Waals surface area contributed by atoms with Crippen LogP contribution in [0, 0.1) is 6.92 Å². The number of carbonyl (C=O) groups is 1. The average Bonchev–Trinajstić information content (AvgIpc) is 2.50. The number of nitrogens with one attached hydrogen (secondary N) is 1. The molecule has 0 atom stereocenters. The number of phenols is 1. The lowest BCUT2D eigenvalue weighted by Crippen LogP contribution is -2.12. The Morgan fingerprint density at radius 2 is 2.00 bits per heavy atom. The molecule has 3 rings (SSSR count). The molecule has 1 aromatic heterocycles. The van der Waals surface area contributed by atoms with Crippen LogP contribution in [0.15, 0.2) is 54.7 Å². The molecule has 0 aliphatic heterocycles. The van der Waals surface area contributed by atoms with Gasteiger partial charge >= 0.3 is 0 Å². The maximum absolute atomic E-state index is 12.3. The number of hydrogen-bond donors (Lipinski definition) is 2. The SMILES string of the molecule is Cc1ccc(O)c(C(=O)Nc2cccc3ncccc23)c1. The Morgan fingerprint density at radius 3 is 2.86 bits per heavy atom. The monoisotopic (exact) mass is 278 g/mol. The molecule has 1 heterocycles. The van der Waals surface area contributed by atoms with Gasteiger partial charge in [0.15, 0.2) is 0 Å². The topological polar surface area (TPSA) is 62.2 Å². The summed E-state index contributed by atoms with van der Waals surface area (Å²) in [5, 5.41) is 13.5. The largest absolute Gasteiger partial charge is 0.507 e. The summed E-state index contributed by atoms with van der Waals surface area (Å²) in [5.41, 5.74) is 2.66. The minimum atomic E-state index is -0.340. The highest BCUT2D eigenvalue weighted by Crippen LogP contribution is 2.24. The van der Waals surface area contributed by atoms with E-state index < -0.39 is 0 Å². The number of fused-ring (bicyclic) bond motifs is 1. The van der Waals surface area contributed by atoms with Crippen molar-refractivity contribution in [3.63, 3.8) is 0 Å². The van der Waals surface area contributed by atoms with E-state index in [1.165, 1.54) is 6.07 Å². The fraction of sp³-hybridized carbons (Fsp3) is 0.0588. The molecule has 0 bridgehead atoms. The molecular weight excluding hydrogens is 264 g/mol. The van der Waals surface area contributed by atoms with Crippen LogP contribution in [-0.2, 0) is 0 Å². The molecule has 0 saturated heterocycles. The van der Waals surface area contributed by atoms with Gasteiger partial charge in [0, 0.05) is 11.6 Å². The normalized spacial score (nSPS) is 10.5. The number of phenolic OH excluding ortho intramolecular Hbond substituents is 1. The van der Waals surface area contributed by atoms with Gasteiger partial charge in [0.1, 0.15) is 5.75 Å². The molecule has 21 heavy (non-hydrogen) atoms. The van der Waals surface area contributed by atoms with Crippen LogP contribution in [-0.4, -0.2) is 16.0 Å². The van der Waals surface area contributed by atoms with Crippen molar-refractivity contribution >= 4 is 22.5 Å². The van der Waals surface area contributed by atoms with Gasteiger partial charge in [0.25, 0.3) is 5.91 Å². The van der Waals surface area contributed by atoms with Crippen molar-refractivity contribution in [1.82, 2.24) is 4.98 Å². The number of amides is 1. The first-order valence-electron chi connectivity index (χ1n) is 6.60. The minimum Gasteiger partial charge on any atom is -0.507 e. The van der Waals surface area contributed by atoms with Gasteiger partial charge in [0.2, 0.25) is 0 Å². The van der Waals surface area contributed by atoms with Gasteiger partial charge in [-0.15, -0.1) is 0 Å². The lowest BCUT2D eigenvalue weighted by molar-refractivity contribution is 0.102. The Labute approximate surface area is 122 Å². The smallest absolute Gasteiger partial charge is 0.259 e. The minimum absolute atomic E-state index is 0.0311. The third-order valence-electron chi connectivity index (χ3n) is 3.29. The molecule has 0 spiro atoms. The second kappa shape index (κ2) is 5.25. The summed E-state index contributed by atoms with van der Waals surface area (Å²) >= 11 is 0. The van der Waals surface area contributed by atoms with Gasteiger partial charge in [-0.3, -0.25) is 9.78 Å². The number of nitrogens with zero attached hydrogens (tertiary/aromatic N) is 1. The molecule has 0 fully saturated rings. The highest BCUT2D eigenvalue weighted by molar-refractivity contribution is 6.10. The van der Waals surface area contributed by atoms with Gasteiger partial charge in [-0.05, 0) is 43.3 Å². The third-order valence-corrected chi connectivity index (χ3v) is 3.29. The van der Waals surface area contributed by atoms with Crippen molar-refractivity contribution in [2.45, 2.75) is 6.92 Å². The summed E-state index contributed by atoms with van der Waals surface area (Å²) in [6.45, 7) is 1.87. The summed E-state index contributed by atoms with van der Waals surface area (Å²) in [6.07, 6.45) is 1.71. The number of benzene rings is 2. The van der Waals surface area contributed by atoms with E-state index in [-0.39, 0.29) is 17.2 Å². The van der Waals surface area contributed by atoms with Crippen LogP contribution in [0.25, 0.3) is 10.9 Å². The van der Waals surface area contributed by atoms with Crippen LogP contribution >= 0.6 is 0 Å². The molecule has 0 unspecified atom stereocenters. The third kappa shape index (κ3) is 2.56. The summed E-state index contributed by atoms with van der Waals surface area (Å²) in [4.78, 5) is 16.6. The van der Waals surface area contributed by atoms with Gasteiger partial charge in [0.05, 0.1) is 16.8 Å². The van der Waals surface area contributed by atoms with Crippen LogP contribution < -0.4 is 5.32 Å². The van der Waals surface area contributed by atoms with Gasteiger partial charge in [-0.2, -0.15) is 0 Å². The summed E-state index contributed by atoms with van der Waals surface area (Å²) < 4.78 is 0. The predicted molar refractivity (Wildman–Crippen MR) is 82.5 cm³/mol. The van der Waals surface area contributed by atoms with Crippen LogP contribution in [0.2, 0.25) is 0 Å². The Kier molecular flexibility index (Phi) is 3.28. The van der Waals surface area contributed by atoms with Gasteiger partial charge in [-0.25, -0.2) is 0 Å². The number of aryl methyl sites for hydroxylation is 1. The van der Waals surface area contributed by atoms with E-state index >= 15 is 0 Å². The van der Waals surface area contributed by atoms with Crippen molar-refractivity contribution in [1.29, 1.82) is 0 Å². The summed E-state index contributed by atoms with van der Waals surface area (Å²) in [6, 6.07) is 14.2. The number of pyridine rings is 1. The lowest BCUT2D eigenvalue weighted by Gasteiger charge is -2.10. The first-order valence-corrected chi connectivity index (χ1v) is 6.60. The van der Waals surface area contributed by atoms with Crippen molar-refractivity contribution in [2.75, 3.05) is 5.32 Å². The first kappa shape index (κ1) is 13.1. The van der Waals surface area contributed by atoms with E-state index in [4.69, 9.17) is 0 Å². The van der Waals surface area contributed by atoms with E-state index in [0.717, 1.165) is 16.5 Å². The molecule has 0 saturated carbocycles. The predicted octanol–water partition coefficient (Wildman–Crippen LogP) is 3.50. The van der Waals surface area contributed by atoms with Gasteiger partial charge < -0.3 is 10.4 Å². The highest BCUT2D eigenvalue weighted by atomic mass is 16.3. The second-order valence-electron chi connectivity index (χ2n) is 4.85. The second-order valence-corrected chi connectivity index (χ2v) is 4.85.